The van der Waals surface area contributed by atoms with Crippen LogP contribution in [0.2, 0.25) is 0 Å². The Bertz CT molecular complexity index is 1020. The van der Waals surface area contributed by atoms with Crippen molar-refractivity contribution in [2.45, 2.75) is 17.2 Å². The van der Waals surface area contributed by atoms with Crippen LogP contribution in [0.4, 0.5) is 0 Å². The molecule has 4 rings (SSSR count). The fraction of sp³-hybridized carbons (Fsp3) is 0.107. The summed E-state index contributed by atoms with van der Waals surface area (Å²) in [5.41, 5.74) is 4.23. The number of hydrogen-bond acceptors (Lipinski definition) is 3. The van der Waals surface area contributed by atoms with Crippen molar-refractivity contribution in [2.75, 3.05) is 0 Å². The summed E-state index contributed by atoms with van der Waals surface area (Å²) < 4.78 is 2.70. The van der Waals surface area contributed by atoms with Crippen molar-refractivity contribution in [3.05, 3.63) is 144 Å². The van der Waals surface area contributed by atoms with Gasteiger partial charge < -0.3 is 5.11 Å². The number of rotatable bonds is 9. The van der Waals surface area contributed by atoms with Gasteiger partial charge >= 0.3 is 5.97 Å². The van der Waals surface area contributed by atoms with E-state index in [0.29, 0.717) is 6.42 Å². The van der Waals surface area contributed by atoms with Crippen LogP contribution in [0.1, 0.15) is 22.3 Å². The van der Waals surface area contributed by atoms with Gasteiger partial charge in [-0.3, -0.25) is 4.79 Å². The lowest BCUT2D eigenvalue weighted by molar-refractivity contribution is -0.138. The van der Waals surface area contributed by atoms with Crippen LogP contribution in [0.25, 0.3) is 0 Å². The molecule has 0 saturated heterocycles. The number of benzene rings is 4. The first-order chi connectivity index (χ1) is 15.7. The van der Waals surface area contributed by atoms with Crippen LogP contribution in [-0.4, -0.2) is 17.1 Å². The zero-order chi connectivity index (χ0) is 22.2. The van der Waals surface area contributed by atoms with Gasteiger partial charge in [-0.2, -0.15) is 0 Å². The quantitative estimate of drug-likeness (QED) is 0.251. The Kier molecular flexibility index (Phi) is 7.05. The number of carboxylic acid groups (broad SMARTS) is 1. The van der Waals surface area contributed by atoms with Crippen LogP contribution in [0.15, 0.2) is 121 Å². The Labute approximate surface area is 193 Å². The van der Waals surface area contributed by atoms with Crippen molar-refractivity contribution in [2.24, 2.45) is 0 Å². The van der Waals surface area contributed by atoms with Gasteiger partial charge in [0.15, 0.2) is 0 Å². The molecule has 0 bridgehead atoms. The molecule has 2 N–H and O–H groups in total. The van der Waals surface area contributed by atoms with Crippen LogP contribution in [0.5, 0.6) is 0 Å². The fourth-order valence-corrected chi connectivity index (χ4v) is 5.15. The molecule has 0 amide bonds. The molecule has 0 aliphatic heterocycles. The minimum absolute atomic E-state index is 0.400. The van der Waals surface area contributed by atoms with E-state index in [1.54, 1.807) is 0 Å². The third-order valence-corrected chi connectivity index (χ3v) is 6.89. The first-order valence-corrected chi connectivity index (χ1v) is 11.4. The van der Waals surface area contributed by atoms with Gasteiger partial charge in [0.2, 0.25) is 0 Å². The summed E-state index contributed by atoms with van der Waals surface area (Å²) in [4.78, 5) is 12.2. The van der Waals surface area contributed by atoms with Crippen LogP contribution in [-0.2, 0) is 16.0 Å². The topological polar surface area (TPSA) is 49.3 Å². The van der Waals surface area contributed by atoms with Gasteiger partial charge in [0, 0.05) is 0 Å². The Morgan fingerprint density at radius 3 is 1.44 bits per heavy atom. The van der Waals surface area contributed by atoms with Crippen molar-refractivity contribution >= 4 is 17.9 Å². The summed E-state index contributed by atoms with van der Waals surface area (Å²) in [5.74, 6) is -0.871. The summed E-state index contributed by atoms with van der Waals surface area (Å²) in [5, 5.41) is 9.97. The molecule has 160 valence electrons. The Morgan fingerprint density at radius 2 is 1.06 bits per heavy atom. The molecular formula is C28H25NO2S. The van der Waals surface area contributed by atoms with Crippen molar-refractivity contribution in [1.29, 1.82) is 0 Å². The van der Waals surface area contributed by atoms with Crippen molar-refractivity contribution in [3.8, 4) is 0 Å². The molecule has 32 heavy (non-hydrogen) atoms. The minimum atomic E-state index is -0.871. The number of aliphatic carboxylic acids is 1. The smallest absolute Gasteiger partial charge is 0.321 e. The fourth-order valence-electron chi connectivity index (χ4n) is 3.88. The third-order valence-electron chi connectivity index (χ3n) is 5.48. The second-order valence-electron chi connectivity index (χ2n) is 7.58. The lowest BCUT2D eigenvalue weighted by Crippen LogP contribution is -2.39. The first-order valence-electron chi connectivity index (χ1n) is 10.6. The van der Waals surface area contributed by atoms with E-state index in [2.05, 4.69) is 41.1 Å². The molecule has 4 aromatic rings. The van der Waals surface area contributed by atoms with E-state index in [1.165, 1.54) is 11.9 Å². The highest BCUT2D eigenvalue weighted by molar-refractivity contribution is 7.98. The molecule has 3 nitrogen and oxygen atoms in total. The summed E-state index contributed by atoms with van der Waals surface area (Å²) in [6.45, 7) is 0. The van der Waals surface area contributed by atoms with Crippen molar-refractivity contribution in [3.63, 3.8) is 0 Å². The van der Waals surface area contributed by atoms with E-state index in [4.69, 9.17) is 0 Å². The largest absolute Gasteiger partial charge is 0.480 e. The lowest BCUT2D eigenvalue weighted by atomic mass is 9.84. The van der Waals surface area contributed by atoms with E-state index in [1.807, 2.05) is 84.9 Å². The van der Waals surface area contributed by atoms with E-state index in [0.717, 1.165) is 22.3 Å². The van der Waals surface area contributed by atoms with Gasteiger partial charge in [-0.25, -0.2) is 4.72 Å². The Hall–Kier alpha value is -3.34. The van der Waals surface area contributed by atoms with Crippen LogP contribution in [0, 0.1) is 0 Å². The second kappa shape index (κ2) is 10.3. The average Bonchev–Trinajstić information content (AvgIpc) is 2.86. The highest BCUT2D eigenvalue weighted by atomic mass is 32.2. The molecule has 0 aliphatic carbocycles. The zero-order valence-corrected chi connectivity index (χ0v) is 18.4. The van der Waals surface area contributed by atoms with Gasteiger partial charge in [-0.1, -0.05) is 133 Å². The predicted octanol–water partition coefficient (Wildman–Crippen LogP) is 5.91. The van der Waals surface area contributed by atoms with Crippen molar-refractivity contribution < 1.29 is 9.90 Å². The molecule has 4 aromatic carbocycles. The van der Waals surface area contributed by atoms with Crippen LogP contribution >= 0.6 is 11.9 Å². The normalized spacial score (nSPS) is 12.2. The standard InChI is InChI=1S/C28H25NO2S/c30-27(31)26(21-22-13-5-1-6-14-22)29-32-28(23-15-7-2-8-16-23,24-17-9-3-10-18-24)25-19-11-4-12-20-25/h1-20,26,29H,21H2,(H,30,31). The summed E-state index contributed by atoms with van der Waals surface area (Å²) in [6, 6.07) is 39.7. The summed E-state index contributed by atoms with van der Waals surface area (Å²) in [6.07, 6.45) is 0.400. The number of nitrogens with one attached hydrogen (secondary N) is 1. The van der Waals surface area contributed by atoms with Gasteiger partial charge in [0.1, 0.15) is 10.8 Å². The van der Waals surface area contributed by atoms with E-state index < -0.39 is 16.8 Å². The van der Waals surface area contributed by atoms with Gasteiger partial charge in [-0.15, -0.1) is 0 Å². The summed E-state index contributed by atoms with van der Waals surface area (Å²) in [7, 11) is 0. The molecule has 0 spiro atoms. The molecule has 0 aliphatic rings. The van der Waals surface area contributed by atoms with Gasteiger partial charge in [-0.05, 0) is 28.7 Å². The maximum absolute atomic E-state index is 12.2. The van der Waals surface area contributed by atoms with Gasteiger partial charge in [0.25, 0.3) is 0 Å². The highest BCUT2D eigenvalue weighted by Crippen LogP contribution is 2.47. The maximum atomic E-state index is 12.2. The van der Waals surface area contributed by atoms with E-state index in [9.17, 15) is 9.90 Å². The maximum Gasteiger partial charge on any atom is 0.321 e. The van der Waals surface area contributed by atoms with Crippen LogP contribution in [0.3, 0.4) is 0 Å². The monoisotopic (exact) mass is 439 g/mol. The van der Waals surface area contributed by atoms with Crippen LogP contribution < -0.4 is 4.72 Å². The summed E-state index contributed by atoms with van der Waals surface area (Å²) >= 11 is 1.45. The highest BCUT2D eigenvalue weighted by Gasteiger charge is 2.38. The third kappa shape index (κ3) is 4.77. The zero-order valence-electron chi connectivity index (χ0n) is 17.6. The van der Waals surface area contributed by atoms with Gasteiger partial charge in [0.05, 0.1) is 0 Å². The van der Waals surface area contributed by atoms with E-state index in [-0.39, 0.29) is 0 Å². The molecule has 4 heteroatoms. The predicted molar refractivity (Wildman–Crippen MR) is 132 cm³/mol. The first kappa shape index (κ1) is 21.9. The molecule has 0 radical (unpaired) electrons. The van der Waals surface area contributed by atoms with E-state index >= 15 is 0 Å². The Morgan fingerprint density at radius 1 is 0.688 bits per heavy atom. The molecule has 1 atom stereocenters. The minimum Gasteiger partial charge on any atom is -0.480 e. The van der Waals surface area contributed by atoms with Crippen molar-refractivity contribution in [1.82, 2.24) is 4.72 Å². The number of hydrogen-bond donors (Lipinski definition) is 2. The number of carboxylic acids is 1. The molecule has 0 heterocycles. The lowest BCUT2D eigenvalue weighted by Gasteiger charge is -2.36. The average molecular weight is 440 g/mol. The molecule has 0 fully saturated rings. The molecular weight excluding hydrogens is 414 g/mol. The SMILES string of the molecule is O=C(O)C(Cc1ccccc1)NSC(c1ccccc1)(c1ccccc1)c1ccccc1. The molecule has 0 saturated carbocycles. The second-order valence-corrected chi connectivity index (χ2v) is 8.63. The molecule has 1 unspecified atom stereocenters. The Balaban J connectivity index is 1.78. The molecule has 0 aromatic heterocycles. The number of carbonyl (C=O) groups is 1.